The molecule has 1 aliphatic heterocycles. The first-order chi connectivity index (χ1) is 6.08. The van der Waals surface area contributed by atoms with Crippen LogP contribution in [0.5, 0.6) is 0 Å². The Hall–Kier alpha value is -0.130. The molecule has 0 bridgehead atoms. The van der Waals surface area contributed by atoms with Crippen molar-refractivity contribution in [3.8, 4) is 0 Å². The summed E-state index contributed by atoms with van der Waals surface area (Å²) in [4.78, 5) is 2.13. The largest absolute Gasteiger partial charge is 0.394 e. The molecule has 1 saturated heterocycles. The van der Waals surface area contributed by atoms with E-state index in [0.29, 0.717) is 13.1 Å². The van der Waals surface area contributed by atoms with E-state index in [1.54, 1.807) is 0 Å². The highest BCUT2D eigenvalue weighted by Gasteiger charge is 2.48. The summed E-state index contributed by atoms with van der Waals surface area (Å²) in [5.74, 6) is 0.517. The third-order valence-electron chi connectivity index (χ3n) is 3.14. The average molecular weight is 205 g/mol. The summed E-state index contributed by atoms with van der Waals surface area (Å²) >= 11 is 0. The van der Waals surface area contributed by atoms with Gasteiger partial charge in [0.15, 0.2) is 9.84 Å². The Labute approximate surface area is 78.5 Å². The lowest BCUT2D eigenvalue weighted by Gasteiger charge is -2.33. The van der Waals surface area contributed by atoms with Crippen LogP contribution >= 0.6 is 0 Å². The van der Waals surface area contributed by atoms with Gasteiger partial charge in [-0.25, -0.2) is 8.42 Å². The van der Waals surface area contributed by atoms with E-state index in [0.717, 1.165) is 12.8 Å². The van der Waals surface area contributed by atoms with Crippen LogP contribution in [0.3, 0.4) is 0 Å². The third-order valence-corrected chi connectivity index (χ3v) is 4.75. The summed E-state index contributed by atoms with van der Waals surface area (Å²) in [5.41, 5.74) is -0.0457. The van der Waals surface area contributed by atoms with Gasteiger partial charge in [0, 0.05) is 18.6 Å². The zero-order chi connectivity index (χ0) is 9.53. The van der Waals surface area contributed by atoms with E-state index in [-0.39, 0.29) is 23.7 Å². The molecule has 0 amide bonds. The van der Waals surface area contributed by atoms with Gasteiger partial charge in [0.2, 0.25) is 0 Å². The predicted octanol–water partition coefficient (Wildman–Crippen LogP) is -0.758. The van der Waals surface area contributed by atoms with Crippen LogP contribution in [0, 0.1) is 0 Å². The molecule has 0 radical (unpaired) electrons. The Morgan fingerprint density at radius 2 is 1.77 bits per heavy atom. The molecule has 0 aromatic heterocycles. The number of sulfone groups is 1. The fraction of sp³-hybridized carbons (Fsp3) is 1.00. The second-order valence-corrected chi connectivity index (χ2v) is 6.32. The van der Waals surface area contributed by atoms with E-state index < -0.39 is 9.84 Å². The van der Waals surface area contributed by atoms with Gasteiger partial charge in [0.25, 0.3) is 0 Å². The third kappa shape index (κ3) is 1.73. The zero-order valence-electron chi connectivity index (χ0n) is 7.57. The van der Waals surface area contributed by atoms with Crippen LogP contribution in [-0.4, -0.2) is 55.2 Å². The van der Waals surface area contributed by atoms with Crippen molar-refractivity contribution in [2.75, 3.05) is 31.2 Å². The molecule has 2 rings (SSSR count). The van der Waals surface area contributed by atoms with Crippen molar-refractivity contribution in [2.24, 2.45) is 0 Å². The summed E-state index contributed by atoms with van der Waals surface area (Å²) < 4.78 is 22.3. The molecule has 2 fully saturated rings. The molecule has 1 aliphatic carbocycles. The quantitative estimate of drug-likeness (QED) is 0.644. The van der Waals surface area contributed by atoms with Crippen molar-refractivity contribution in [1.82, 2.24) is 4.90 Å². The Kier molecular flexibility index (Phi) is 2.13. The lowest BCUT2D eigenvalue weighted by molar-refractivity contribution is 0.113. The fourth-order valence-corrected chi connectivity index (χ4v) is 3.11. The van der Waals surface area contributed by atoms with E-state index in [1.165, 1.54) is 0 Å². The molecule has 5 heteroatoms. The van der Waals surface area contributed by atoms with Gasteiger partial charge in [-0.3, -0.25) is 4.90 Å². The summed E-state index contributed by atoms with van der Waals surface area (Å²) in [6, 6.07) is 0. The van der Waals surface area contributed by atoms with E-state index >= 15 is 0 Å². The molecular weight excluding hydrogens is 190 g/mol. The molecule has 13 heavy (non-hydrogen) atoms. The molecule has 0 aromatic rings. The predicted molar refractivity (Wildman–Crippen MR) is 49.3 cm³/mol. The van der Waals surface area contributed by atoms with E-state index in [2.05, 4.69) is 4.90 Å². The van der Waals surface area contributed by atoms with Crippen molar-refractivity contribution in [2.45, 2.75) is 18.4 Å². The Morgan fingerprint density at radius 1 is 1.23 bits per heavy atom. The summed E-state index contributed by atoms with van der Waals surface area (Å²) in [6.45, 7) is 1.37. The molecule has 1 saturated carbocycles. The lowest BCUT2D eigenvalue weighted by Crippen LogP contribution is -2.49. The average Bonchev–Trinajstić information content (AvgIpc) is 2.85. The van der Waals surface area contributed by atoms with Gasteiger partial charge in [0.1, 0.15) is 0 Å². The Morgan fingerprint density at radius 3 is 2.15 bits per heavy atom. The van der Waals surface area contributed by atoms with Crippen LogP contribution < -0.4 is 0 Å². The summed E-state index contributed by atoms with van der Waals surface area (Å²) in [5, 5.41) is 9.15. The number of aliphatic hydroxyl groups is 1. The minimum atomic E-state index is -2.78. The van der Waals surface area contributed by atoms with Crippen molar-refractivity contribution < 1.29 is 13.5 Å². The molecule has 2 aliphatic rings. The molecule has 0 aromatic carbocycles. The molecule has 0 atom stereocenters. The molecule has 4 nitrogen and oxygen atoms in total. The fourth-order valence-electron chi connectivity index (χ4n) is 1.91. The van der Waals surface area contributed by atoms with Gasteiger partial charge in [-0.2, -0.15) is 0 Å². The standard InChI is InChI=1S/C8H15NO3S/c10-7-8(1-2-8)9-3-5-13(11,12)6-4-9/h10H,1-7H2. The maximum Gasteiger partial charge on any atom is 0.152 e. The molecular formula is C8H15NO3S. The van der Waals surface area contributed by atoms with Crippen LogP contribution in [0.15, 0.2) is 0 Å². The van der Waals surface area contributed by atoms with Gasteiger partial charge >= 0.3 is 0 Å². The van der Waals surface area contributed by atoms with Gasteiger partial charge in [-0.15, -0.1) is 0 Å². The Bertz CT molecular complexity index is 281. The van der Waals surface area contributed by atoms with Crippen LogP contribution in [0.1, 0.15) is 12.8 Å². The highest BCUT2D eigenvalue weighted by atomic mass is 32.2. The van der Waals surface area contributed by atoms with E-state index in [4.69, 9.17) is 5.11 Å². The van der Waals surface area contributed by atoms with Crippen molar-refractivity contribution >= 4 is 9.84 Å². The van der Waals surface area contributed by atoms with E-state index in [9.17, 15) is 8.42 Å². The van der Waals surface area contributed by atoms with Crippen LogP contribution in [-0.2, 0) is 9.84 Å². The maximum atomic E-state index is 11.1. The van der Waals surface area contributed by atoms with E-state index in [1.807, 2.05) is 0 Å². The van der Waals surface area contributed by atoms with Crippen LogP contribution in [0.25, 0.3) is 0 Å². The number of hydrogen-bond acceptors (Lipinski definition) is 4. The zero-order valence-corrected chi connectivity index (χ0v) is 8.39. The molecule has 1 heterocycles. The van der Waals surface area contributed by atoms with Crippen LogP contribution in [0.4, 0.5) is 0 Å². The number of rotatable bonds is 2. The number of nitrogens with zero attached hydrogens (tertiary/aromatic N) is 1. The van der Waals surface area contributed by atoms with Gasteiger partial charge in [0.05, 0.1) is 18.1 Å². The van der Waals surface area contributed by atoms with Crippen molar-refractivity contribution in [1.29, 1.82) is 0 Å². The minimum Gasteiger partial charge on any atom is -0.394 e. The monoisotopic (exact) mass is 205 g/mol. The summed E-state index contributed by atoms with van der Waals surface area (Å²) in [6.07, 6.45) is 2.03. The summed E-state index contributed by atoms with van der Waals surface area (Å²) in [7, 11) is -2.78. The first kappa shape index (κ1) is 9.43. The first-order valence-electron chi connectivity index (χ1n) is 4.64. The highest BCUT2D eigenvalue weighted by molar-refractivity contribution is 7.91. The molecule has 76 valence electrons. The first-order valence-corrected chi connectivity index (χ1v) is 6.47. The van der Waals surface area contributed by atoms with Gasteiger partial charge in [-0.05, 0) is 12.8 Å². The van der Waals surface area contributed by atoms with Gasteiger partial charge < -0.3 is 5.11 Å². The number of hydrogen-bond donors (Lipinski definition) is 1. The minimum absolute atomic E-state index is 0.0457. The van der Waals surface area contributed by atoms with Crippen molar-refractivity contribution in [3.05, 3.63) is 0 Å². The SMILES string of the molecule is O=S1(=O)CCN(C2(CO)CC2)CC1. The topological polar surface area (TPSA) is 57.6 Å². The molecule has 0 spiro atoms. The highest BCUT2D eigenvalue weighted by Crippen LogP contribution is 2.41. The normalized spacial score (nSPS) is 31.5. The maximum absolute atomic E-state index is 11.1. The second kappa shape index (κ2) is 2.93. The Balaban J connectivity index is 1.99. The van der Waals surface area contributed by atoms with Gasteiger partial charge in [-0.1, -0.05) is 0 Å². The smallest absolute Gasteiger partial charge is 0.152 e. The molecule has 0 unspecified atom stereocenters. The molecule has 1 N–H and O–H groups in total. The van der Waals surface area contributed by atoms with Crippen LogP contribution in [0.2, 0.25) is 0 Å². The lowest BCUT2D eigenvalue weighted by atomic mass is 10.2. The number of aliphatic hydroxyl groups excluding tert-OH is 1. The second-order valence-electron chi connectivity index (χ2n) is 4.02. The van der Waals surface area contributed by atoms with Crippen molar-refractivity contribution in [3.63, 3.8) is 0 Å².